The molecule has 0 rings (SSSR count). The van der Waals surface area contributed by atoms with Gasteiger partial charge in [-0.15, -0.1) is 0 Å². The van der Waals surface area contributed by atoms with Crippen molar-refractivity contribution in [1.82, 2.24) is 5.32 Å². The van der Waals surface area contributed by atoms with Crippen molar-refractivity contribution in [2.45, 2.75) is 187 Å². The van der Waals surface area contributed by atoms with Crippen molar-refractivity contribution in [2.24, 2.45) is 0 Å². The van der Waals surface area contributed by atoms with Crippen molar-refractivity contribution in [3.63, 3.8) is 0 Å². The molecule has 0 saturated heterocycles. The summed E-state index contributed by atoms with van der Waals surface area (Å²) in [4.78, 5) is 22.9. The van der Waals surface area contributed by atoms with Gasteiger partial charge in [0.05, 0.1) is 39.9 Å². The Morgan fingerprint density at radius 2 is 0.896 bits per heavy atom. The van der Waals surface area contributed by atoms with Crippen LogP contribution < -0.4 is 5.32 Å². The number of carbonyl (C=O) groups is 1. The number of phosphoric acid groups is 1. The van der Waals surface area contributed by atoms with Gasteiger partial charge in [-0.2, -0.15) is 0 Å². The second-order valence-electron chi connectivity index (χ2n) is 18.2. The highest BCUT2D eigenvalue weighted by Crippen LogP contribution is 2.43. The molecule has 0 aliphatic rings. The summed E-state index contributed by atoms with van der Waals surface area (Å²) in [6, 6.07) is -0.771. The summed E-state index contributed by atoms with van der Waals surface area (Å²) in [6.45, 7) is 4.61. The van der Waals surface area contributed by atoms with Crippen LogP contribution in [0.3, 0.4) is 0 Å². The van der Waals surface area contributed by atoms with E-state index in [9.17, 15) is 19.4 Å². The smallest absolute Gasteiger partial charge is 0.391 e. The monoisotopic (exact) mass is 950 g/mol. The van der Waals surface area contributed by atoms with Gasteiger partial charge in [0.2, 0.25) is 5.91 Å². The first-order valence-electron chi connectivity index (χ1n) is 26.0. The number of quaternary nitrogens is 1. The number of nitrogens with one attached hydrogen (secondary N) is 1. The Morgan fingerprint density at radius 3 is 1.30 bits per heavy atom. The zero-order valence-electron chi connectivity index (χ0n) is 43.1. The molecule has 3 N–H and O–H groups in total. The van der Waals surface area contributed by atoms with Crippen molar-refractivity contribution in [3.05, 3.63) is 134 Å². The van der Waals surface area contributed by atoms with Gasteiger partial charge in [0, 0.05) is 6.42 Å². The van der Waals surface area contributed by atoms with Crippen LogP contribution in [0.2, 0.25) is 0 Å². The molecule has 0 radical (unpaired) electrons. The van der Waals surface area contributed by atoms with E-state index in [1.54, 1.807) is 0 Å². The van der Waals surface area contributed by atoms with Crippen LogP contribution in [-0.2, 0) is 18.4 Å². The Labute approximate surface area is 411 Å². The quantitative estimate of drug-likeness (QED) is 0.0243. The van der Waals surface area contributed by atoms with Crippen molar-refractivity contribution in [2.75, 3.05) is 40.9 Å². The summed E-state index contributed by atoms with van der Waals surface area (Å²) in [5.74, 6) is -0.172. The van der Waals surface area contributed by atoms with E-state index in [4.69, 9.17) is 9.05 Å². The predicted octanol–water partition coefficient (Wildman–Crippen LogP) is 15.6. The third kappa shape index (κ3) is 50.3. The van der Waals surface area contributed by atoms with Crippen molar-refractivity contribution in [1.29, 1.82) is 0 Å². The zero-order valence-corrected chi connectivity index (χ0v) is 44.0. The summed E-state index contributed by atoms with van der Waals surface area (Å²) in [5.41, 5.74) is 0. The van der Waals surface area contributed by atoms with Crippen LogP contribution in [-0.4, -0.2) is 73.4 Å². The number of carbonyl (C=O) groups excluding carboxylic acids is 1. The Kier molecular flexibility index (Phi) is 45.3. The largest absolute Gasteiger partial charge is 0.472 e. The van der Waals surface area contributed by atoms with E-state index in [0.29, 0.717) is 23.9 Å². The lowest BCUT2D eigenvalue weighted by atomic mass is 10.0. The molecule has 0 aromatic carbocycles. The number of likely N-dealkylation sites (N-methyl/N-ethyl adjacent to an activating group) is 1. The van der Waals surface area contributed by atoms with Crippen LogP contribution in [0.15, 0.2) is 134 Å². The number of aliphatic hydroxyl groups excluding tert-OH is 1. The van der Waals surface area contributed by atoms with Crippen LogP contribution in [0.1, 0.15) is 174 Å². The molecule has 0 aromatic heterocycles. The molecule has 0 saturated carbocycles. The number of rotatable bonds is 45. The Bertz CT molecular complexity index is 1540. The van der Waals surface area contributed by atoms with Crippen molar-refractivity contribution >= 4 is 13.7 Å². The van der Waals surface area contributed by atoms with E-state index in [-0.39, 0.29) is 19.1 Å². The standard InChI is InChI=1S/C58H97N2O6P/c1-6-8-10-12-13-14-15-16-17-18-19-20-21-22-23-24-25-26-27-28-29-30-31-32-33-34-35-36-37-38-39-40-41-42-43-44-45-46-47-48-50-52-58(62)59-56(57(61)51-49-11-9-7-2)55-66-67(63,64)65-54-53-60(3,4)5/h8,10,13-14,16-17,19-20,22-23,25-26,28-29,31-32,34-35,37-38,40-41,56-57,61H,6-7,9,11-12,15,18,21,24,27,30,33,36,39,42-55H2,1-5H3,(H-,59,62,63,64)/p+1/b10-8-,14-13-,17-16-,20-19-,23-22-,26-25-,29-28-,32-31-,35-34-,38-37-,41-40-. The first-order valence-corrected chi connectivity index (χ1v) is 27.5. The molecular formula is C58H98N2O6P+. The number of hydrogen-bond donors (Lipinski definition) is 3. The Balaban J connectivity index is 3.93. The lowest BCUT2D eigenvalue weighted by Gasteiger charge is -2.26. The summed E-state index contributed by atoms with van der Waals surface area (Å²) >= 11 is 0. The molecule has 3 atom stereocenters. The lowest BCUT2D eigenvalue weighted by molar-refractivity contribution is -0.870. The van der Waals surface area contributed by atoms with Gasteiger partial charge in [-0.3, -0.25) is 13.8 Å². The maximum absolute atomic E-state index is 12.8. The van der Waals surface area contributed by atoms with E-state index >= 15 is 0 Å². The van der Waals surface area contributed by atoms with Gasteiger partial charge in [-0.25, -0.2) is 4.57 Å². The maximum Gasteiger partial charge on any atom is 0.472 e. The predicted molar refractivity (Wildman–Crippen MR) is 290 cm³/mol. The van der Waals surface area contributed by atoms with Gasteiger partial charge in [-0.05, 0) is 96.3 Å². The summed E-state index contributed by atoms with van der Waals surface area (Å²) in [6.07, 6.45) is 72.9. The number of unbranched alkanes of at least 4 members (excludes halogenated alkanes) is 10. The minimum Gasteiger partial charge on any atom is -0.391 e. The van der Waals surface area contributed by atoms with E-state index in [2.05, 4.69) is 153 Å². The number of allylic oxidation sites excluding steroid dienone is 22. The molecule has 3 unspecified atom stereocenters. The minimum atomic E-state index is -4.31. The summed E-state index contributed by atoms with van der Waals surface area (Å²) < 4.78 is 23.4. The van der Waals surface area contributed by atoms with E-state index in [0.717, 1.165) is 128 Å². The molecule has 380 valence electrons. The highest BCUT2D eigenvalue weighted by Gasteiger charge is 2.28. The molecule has 67 heavy (non-hydrogen) atoms. The topological polar surface area (TPSA) is 105 Å². The molecule has 0 heterocycles. The van der Waals surface area contributed by atoms with Crippen LogP contribution in [0.25, 0.3) is 0 Å². The third-order valence-electron chi connectivity index (χ3n) is 10.7. The van der Waals surface area contributed by atoms with Crippen LogP contribution in [0.4, 0.5) is 0 Å². The number of nitrogens with zero attached hydrogens (tertiary/aromatic N) is 1. The number of hydrogen-bond acceptors (Lipinski definition) is 5. The van der Waals surface area contributed by atoms with Gasteiger partial charge in [0.25, 0.3) is 0 Å². The fourth-order valence-electron chi connectivity index (χ4n) is 6.58. The van der Waals surface area contributed by atoms with E-state index in [1.165, 1.54) is 19.3 Å². The average Bonchev–Trinajstić information content (AvgIpc) is 3.29. The zero-order chi connectivity index (χ0) is 49.2. The molecule has 9 heteroatoms. The molecule has 0 bridgehead atoms. The molecule has 0 aliphatic carbocycles. The van der Waals surface area contributed by atoms with Crippen LogP contribution >= 0.6 is 7.82 Å². The molecule has 0 aliphatic heterocycles. The first-order chi connectivity index (χ1) is 32.5. The lowest BCUT2D eigenvalue weighted by Crippen LogP contribution is -2.46. The maximum atomic E-state index is 12.8. The van der Waals surface area contributed by atoms with Gasteiger partial charge >= 0.3 is 7.82 Å². The number of aliphatic hydroxyl groups is 1. The summed E-state index contributed by atoms with van der Waals surface area (Å²) in [5, 5.41) is 13.7. The summed E-state index contributed by atoms with van der Waals surface area (Å²) in [7, 11) is 1.58. The van der Waals surface area contributed by atoms with Crippen LogP contribution in [0, 0.1) is 0 Å². The molecule has 0 fully saturated rings. The fraction of sp³-hybridized carbons (Fsp3) is 0.603. The second kappa shape index (κ2) is 47.7. The second-order valence-corrected chi connectivity index (χ2v) is 19.6. The SMILES string of the molecule is CC/C=C\C/C=C\C/C=C\C/C=C\C/C=C\C/C=C\C/C=C\C/C=C\C/C=C\C/C=C\C/C=C\CCCCCCCCCC(=O)NC(COP(=O)(O)OCC[N+](C)(C)C)C(O)CCCCCC. The van der Waals surface area contributed by atoms with Crippen molar-refractivity contribution in [3.8, 4) is 0 Å². The fourth-order valence-corrected chi connectivity index (χ4v) is 7.31. The highest BCUT2D eigenvalue weighted by molar-refractivity contribution is 7.47. The molecule has 8 nitrogen and oxygen atoms in total. The third-order valence-corrected chi connectivity index (χ3v) is 11.6. The molecule has 0 spiro atoms. The minimum absolute atomic E-state index is 0.0642. The van der Waals surface area contributed by atoms with E-state index < -0.39 is 20.0 Å². The van der Waals surface area contributed by atoms with E-state index in [1.807, 2.05) is 21.1 Å². The number of phosphoric ester groups is 1. The van der Waals surface area contributed by atoms with Crippen LogP contribution in [0.5, 0.6) is 0 Å². The first kappa shape index (κ1) is 63.6. The normalized spacial score (nSPS) is 15.1. The van der Waals surface area contributed by atoms with Gasteiger partial charge < -0.3 is 19.8 Å². The molecule has 0 aromatic rings. The Morgan fingerprint density at radius 1 is 0.522 bits per heavy atom. The highest BCUT2D eigenvalue weighted by atomic mass is 31.2. The van der Waals surface area contributed by atoms with Gasteiger partial charge in [0.15, 0.2) is 0 Å². The molecular weight excluding hydrogens is 852 g/mol. The molecule has 1 amide bonds. The van der Waals surface area contributed by atoms with Gasteiger partial charge in [-0.1, -0.05) is 205 Å². The number of amides is 1. The van der Waals surface area contributed by atoms with Gasteiger partial charge in [0.1, 0.15) is 13.2 Å². The Hall–Kier alpha value is -3.36. The average molecular weight is 950 g/mol. The van der Waals surface area contributed by atoms with Crippen molar-refractivity contribution < 1.29 is 32.9 Å².